The van der Waals surface area contributed by atoms with Crippen LogP contribution in [0.2, 0.25) is 0 Å². The molecule has 2 heteroatoms. The molecule has 2 N–H and O–H groups in total. The summed E-state index contributed by atoms with van der Waals surface area (Å²) in [6.45, 7) is 2.00. The molecule has 1 heterocycles. The smallest absolute Gasteiger partial charge is 0.127 e. The normalized spacial score (nSPS) is 10.8. The summed E-state index contributed by atoms with van der Waals surface area (Å²) < 4.78 is 0. The Bertz CT molecular complexity index is 718. The fourth-order valence-corrected chi connectivity index (χ4v) is 2.34. The number of nitrogens with zero attached hydrogens (tertiary/aromatic N) is 1. The first-order chi connectivity index (χ1) is 9.24. The summed E-state index contributed by atoms with van der Waals surface area (Å²) in [7, 11) is 0. The van der Waals surface area contributed by atoms with Gasteiger partial charge in [0.1, 0.15) is 5.82 Å². The predicted molar refractivity (Wildman–Crippen MR) is 80.1 cm³/mol. The molecule has 3 aromatic rings. The SMILES string of the molecule is Cc1cc2c(Cc3ccccc3)cccc2nc1N. The highest BCUT2D eigenvalue weighted by molar-refractivity contribution is 5.85. The van der Waals surface area contributed by atoms with Crippen molar-refractivity contribution in [3.63, 3.8) is 0 Å². The van der Waals surface area contributed by atoms with Crippen molar-refractivity contribution in [1.29, 1.82) is 0 Å². The van der Waals surface area contributed by atoms with Crippen molar-refractivity contribution >= 4 is 16.7 Å². The Morgan fingerprint density at radius 3 is 2.58 bits per heavy atom. The zero-order valence-electron chi connectivity index (χ0n) is 10.9. The molecule has 0 fully saturated rings. The van der Waals surface area contributed by atoms with Gasteiger partial charge in [-0.25, -0.2) is 4.98 Å². The van der Waals surface area contributed by atoms with E-state index in [2.05, 4.69) is 41.4 Å². The van der Waals surface area contributed by atoms with Gasteiger partial charge in [0.05, 0.1) is 5.52 Å². The van der Waals surface area contributed by atoms with Crippen LogP contribution in [0.25, 0.3) is 10.9 Å². The molecule has 0 atom stereocenters. The lowest BCUT2D eigenvalue weighted by atomic mass is 10.00. The van der Waals surface area contributed by atoms with Crippen LogP contribution < -0.4 is 5.73 Å². The minimum atomic E-state index is 0.615. The van der Waals surface area contributed by atoms with Crippen molar-refractivity contribution in [2.45, 2.75) is 13.3 Å². The molecule has 94 valence electrons. The highest BCUT2D eigenvalue weighted by atomic mass is 14.8. The van der Waals surface area contributed by atoms with Crippen molar-refractivity contribution in [2.75, 3.05) is 5.73 Å². The molecule has 0 saturated carbocycles. The highest BCUT2D eigenvalue weighted by Crippen LogP contribution is 2.23. The van der Waals surface area contributed by atoms with E-state index in [0.717, 1.165) is 17.5 Å². The molecule has 0 radical (unpaired) electrons. The molecule has 0 aliphatic carbocycles. The molecule has 0 unspecified atom stereocenters. The van der Waals surface area contributed by atoms with Crippen LogP contribution in [0.15, 0.2) is 54.6 Å². The Morgan fingerprint density at radius 2 is 1.79 bits per heavy atom. The molecular formula is C17H16N2. The van der Waals surface area contributed by atoms with E-state index in [0.29, 0.717) is 5.82 Å². The monoisotopic (exact) mass is 248 g/mol. The van der Waals surface area contributed by atoms with Crippen molar-refractivity contribution in [3.8, 4) is 0 Å². The number of anilines is 1. The number of rotatable bonds is 2. The Morgan fingerprint density at radius 1 is 1.00 bits per heavy atom. The lowest BCUT2D eigenvalue weighted by Gasteiger charge is -2.08. The summed E-state index contributed by atoms with van der Waals surface area (Å²) >= 11 is 0. The lowest BCUT2D eigenvalue weighted by Crippen LogP contribution is -1.97. The molecule has 1 aromatic heterocycles. The number of benzene rings is 2. The average Bonchev–Trinajstić information content (AvgIpc) is 2.42. The summed E-state index contributed by atoms with van der Waals surface area (Å²) in [6.07, 6.45) is 0.920. The molecule has 0 saturated heterocycles. The third-order valence-electron chi connectivity index (χ3n) is 3.42. The van der Waals surface area contributed by atoms with Gasteiger partial charge in [-0.05, 0) is 42.2 Å². The quantitative estimate of drug-likeness (QED) is 0.750. The lowest BCUT2D eigenvalue weighted by molar-refractivity contribution is 1.21. The fraction of sp³-hybridized carbons (Fsp3) is 0.118. The van der Waals surface area contributed by atoms with Crippen LogP contribution in [0.5, 0.6) is 0 Å². The van der Waals surface area contributed by atoms with Gasteiger partial charge in [0, 0.05) is 5.39 Å². The molecule has 0 amide bonds. The molecule has 0 spiro atoms. The van der Waals surface area contributed by atoms with Gasteiger partial charge < -0.3 is 5.73 Å². The van der Waals surface area contributed by atoms with Crippen molar-refractivity contribution in [1.82, 2.24) is 4.98 Å². The Labute approximate surface area is 112 Å². The summed E-state index contributed by atoms with van der Waals surface area (Å²) in [6, 6.07) is 18.8. The van der Waals surface area contributed by atoms with Crippen LogP contribution in [0.3, 0.4) is 0 Å². The van der Waals surface area contributed by atoms with Gasteiger partial charge in [-0.15, -0.1) is 0 Å². The molecule has 3 rings (SSSR count). The van der Waals surface area contributed by atoms with Gasteiger partial charge in [-0.3, -0.25) is 0 Å². The highest BCUT2D eigenvalue weighted by Gasteiger charge is 2.05. The van der Waals surface area contributed by atoms with Gasteiger partial charge in [-0.1, -0.05) is 42.5 Å². The van der Waals surface area contributed by atoms with Crippen LogP contribution in [0.1, 0.15) is 16.7 Å². The number of fused-ring (bicyclic) bond motifs is 1. The van der Waals surface area contributed by atoms with E-state index in [1.165, 1.54) is 16.5 Å². The molecule has 0 aliphatic heterocycles. The van der Waals surface area contributed by atoms with Crippen molar-refractivity contribution < 1.29 is 0 Å². The number of nitrogens with two attached hydrogens (primary N) is 1. The van der Waals surface area contributed by atoms with E-state index in [1.807, 2.05) is 25.1 Å². The molecule has 2 aromatic carbocycles. The third kappa shape index (κ3) is 2.29. The predicted octanol–water partition coefficient (Wildman–Crippen LogP) is 3.72. The zero-order valence-corrected chi connectivity index (χ0v) is 10.9. The van der Waals surface area contributed by atoms with Crippen LogP contribution in [-0.2, 0) is 6.42 Å². The largest absolute Gasteiger partial charge is 0.383 e. The standard InChI is InChI=1S/C17H16N2/c1-12-10-15-14(11-13-6-3-2-4-7-13)8-5-9-16(15)19-17(12)18/h2-10H,11H2,1H3,(H2,18,19). The van der Waals surface area contributed by atoms with E-state index in [1.54, 1.807) is 0 Å². The number of aryl methyl sites for hydroxylation is 1. The second-order valence-corrected chi connectivity index (χ2v) is 4.84. The molecule has 2 nitrogen and oxygen atoms in total. The second kappa shape index (κ2) is 4.73. The van der Waals surface area contributed by atoms with Gasteiger partial charge >= 0.3 is 0 Å². The Hall–Kier alpha value is -2.35. The minimum absolute atomic E-state index is 0.615. The Kier molecular flexibility index (Phi) is 2.92. The van der Waals surface area contributed by atoms with Crippen LogP contribution >= 0.6 is 0 Å². The maximum absolute atomic E-state index is 5.88. The van der Waals surface area contributed by atoms with Gasteiger partial charge in [0.2, 0.25) is 0 Å². The molecular weight excluding hydrogens is 232 g/mol. The zero-order chi connectivity index (χ0) is 13.2. The maximum atomic E-state index is 5.88. The summed E-state index contributed by atoms with van der Waals surface area (Å²) in [5.41, 5.74) is 10.5. The first kappa shape index (κ1) is 11.7. The summed E-state index contributed by atoms with van der Waals surface area (Å²) in [5.74, 6) is 0.615. The van der Waals surface area contributed by atoms with Crippen LogP contribution in [-0.4, -0.2) is 4.98 Å². The van der Waals surface area contributed by atoms with Crippen molar-refractivity contribution in [2.24, 2.45) is 0 Å². The van der Waals surface area contributed by atoms with E-state index in [4.69, 9.17) is 5.73 Å². The van der Waals surface area contributed by atoms with Crippen LogP contribution in [0.4, 0.5) is 5.82 Å². The number of aromatic nitrogens is 1. The van der Waals surface area contributed by atoms with Crippen LogP contribution in [0, 0.1) is 6.92 Å². The first-order valence-electron chi connectivity index (χ1n) is 6.43. The number of hydrogen-bond donors (Lipinski definition) is 1. The summed E-state index contributed by atoms with van der Waals surface area (Å²) in [4.78, 5) is 4.46. The van der Waals surface area contributed by atoms with Gasteiger partial charge in [0.15, 0.2) is 0 Å². The van der Waals surface area contributed by atoms with Gasteiger partial charge in [0.25, 0.3) is 0 Å². The van der Waals surface area contributed by atoms with E-state index >= 15 is 0 Å². The minimum Gasteiger partial charge on any atom is -0.383 e. The Balaban J connectivity index is 2.11. The van der Waals surface area contributed by atoms with E-state index < -0.39 is 0 Å². The first-order valence-corrected chi connectivity index (χ1v) is 6.43. The van der Waals surface area contributed by atoms with E-state index in [9.17, 15) is 0 Å². The average molecular weight is 248 g/mol. The fourth-order valence-electron chi connectivity index (χ4n) is 2.34. The maximum Gasteiger partial charge on any atom is 0.127 e. The number of nitrogen functional groups attached to an aromatic ring is 1. The third-order valence-corrected chi connectivity index (χ3v) is 3.42. The van der Waals surface area contributed by atoms with Gasteiger partial charge in [-0.2, -0.15) is 0 Å². The molecule has 19 heavy (non-hydrogen) atoms. The molecule has 0 bridgehead atoms. The second-order valence-electron chi connectivity index (χ2n) is 4.84. The molecule has 0 aliphatic rings. The van der Waals surface area contributed by atoms with E-state index in [-0.39, 0.29) is 0 Å². The summed E-state index contributed by atoms with van der Waals surface area (Å²) in [5, 5.41) is 1.19. The number of pyridine rings is 1. The number of hydrogen-bond acceptors (Lipinski definition) is 2. The topological polar surface area (TPSA) is 38.9 Å². The van der Waals surface area contributed by atoms with Crippen molar-refractivity contribution in [3.05, 3.63) is 71.3 Å².